The average Bonchev–Trinajstić information content (AvgIpc) is 2.87. The third kappa shape index (κ3) is 6.29. The fraction of sp³-hybridized carbons (Fsp3) is 0.444. The first kappa shape index (κ1) is 26.7. The molecule has 1 unspecified atom stereocenters. The van der Waals surface area contributed by atoms with Gasteiger partial charge >= 0.3 is 0 Å². The maximum atomic E-state index is 13.4. The second-order valence-electron chi connectivity index (χ2n) is 9.70. The molecule has 194 valence electrons. The van der Waals surface area contributed by atoms with Crippen LogP contribution in [0.5, 0.6) is 0 Å². The predicted octanol–water partition coefficient (Wildman–Crippen LogP) is 4.36. The average molecular weight is 523 g/mol. The molecule has 0 aromatic heterocycles. The van der Waals surface area contributed by atoms with Gasteiger partial charge in [-0.25, -0.2) is 13.2 Å². The smallest absolute Gasteiger partial charge is 0.246 e. The van der Waals surface area contributed by atoms with E-state index in [1.54, 1.807) is 0 Å². The van der Waals surface area contributed by atoms with Crippen LogP contribution in [-0.4, -0.2) is 70.3 Å². The fourth-order valence-electron chi connectivity index (χ4n) is 4.99. The third-order valence-corrected chi connectivity index (χ3v) is 7.60. The summed E-state index contributed by atoms with van der Waals surface area (Å²) in [5.74, 6) is -4.15. The Balaban J connectivity index is 1.25. The van der Waals surface area contributed by atoms with Gasteiger partial charge in [0.05, 0.1) is 11.7 Å². The van der Waals surface area contributed by atoms with Gasteiger partial charge in [-0.2, -0.15) is 0 Å². The topological polar surface area (TPSA) is 64.0 Å². The Labute approximate surface area is 213 Å². The Morgan fingerprint density at radius 3 is 2.22 bits per heavy atom. The molecule has 36 heavy (non-hydrogen) atoms. The van der Waals surface area contributed by atoms with Crippen molar-refractivity contribution in [3.8, 4) is 0 Å². The number of aliphatic hydroxyl groups excluding tert-OH is 1. The van der Waals surface area contributed by atoms with E-state index in [1.807, 2.05) is 12.1 Å². The minimum Gasteiger partial charge on any atom is -0.389 e. The van der Waals surface area contributed by atoms with Crippen LogP contribution in [-0.2, 0) is 4.79 Å². The second-order valence-corrected chi connectivity index (χ2v) is 10.1. The monoisotopic (exact) mass is 522 g/mol. The molecule has 4 rings (SSSR count). The van der Waals surface area contributed by atoms with E-state index in [9.17, 15) is 28.2 Å². The Kier molecular flexibility index (Phi) is 8.40. The number of carbonyl (C=O) groups is 1. The number of rotatable bonds is 6. The number of hydrogen-bond acceptors (Lipinski definition) is 4. The van der Waals surface area contributed by atoms with E-state index in [0.29, 0.717) is 12.5 Å². The van der Waals surface area contributed by atoms with E-state index >= 15 is 0 Å². The largest absolute Gasteiger partial charge is 0.389 e. The zero-order valence-corrected chi connectivity index (χ0v) is 20.6. The molecule has 2 aromatic rings. The van der Waals surface area contributed by atoms with Crippen molar-refractivity contribution in [3.05, 3.63) is 76.1 Å². The van der Waals surface area contributed by atoms with Crippen molar-refractivity contribution < 1.29 is 28.2 Å². The summed E-state index contributed by atoms with van der Waals surface area (Å²) in [4.78, 5) is 16.2. The van der Waals surface area contributed by atoms with Crippen molar-refractivity contribution >= 4 is 23.6 Å². The van der Waals surface area contributed by atoms with Crippen LogP contribution in [0.15, 0.2) is 42.5 Å². The highest BCUT2D eigenvalue weighted by molar-refractivity contribution is 6.30. The Hall–Kier alpha value is -2.39. The minimum atomic E-state index is -1.56. The van der Waals surface area contributed by atoms with E-state index in [4.69, 9.17) is 11.6 Å². The molecule has 2 heterocycles. The predicted molar refractivity (Wildman–Crippen MR) is 132 cm³/mol. The van der Waals surface area contributed by atoms with Gasteiger partial charge in [0.25, 0.3) is 0 Å². The normalized spacial score (nSPS) is 20.1. The molecule has 2 fully saturated rings. The molecule has 2 aliphatic rings. The first-order valence-corrected chi connectivity index (χ1v) is 12.5. The van der Waals surface area contributed by atoms with Crippen LogP contribution in [0.3, 0.4) is 0 Å². The molecule has 9 heteroatoms. The molecule has 2 saturated heterocycles. The summed E-state index contributed by atoms with van der Waals surface area (Å²) in [6, 6.07) is 9.54. The van der Waals surface area contributed by atoms with E-state index in [2.05, 4.69) is 17.0 Å². The summed E-state index contributed by atoms with van der Waals surface area (Å²) in [5.41, 5.74) is -0.000893. The van der Waals surface area contributed by atoms with Gasteiger partial charge in [-0.05, 0) is 86.2 Å². The first-order chi connectivity index (χ1) is 17.1. The van der Waals surface area contributed by atoms with Gasteiger partial charge < -0.3 is 20.0 Å². The summed E-state index contributed by atoms with van der Waals surface area (Å²) in [6.07, 6.45) is 3.80. The van der Waals surface area contributed by atoms with Gasteiger partial charge in [-0.1, -0.05) is 23.7 Å². The van der Waals surface area contributed by atoms with E-state index in [-0.39, 0.29) is 37.4 Å². The number of benzene rings is 2. The maximum Gasteiger partial charge on any atom is 0.246 e. The van der Waals surface area contributed by atoms with Crippen LogP contribution in [0.4, 0.5) is 13.2 Å². The van der Waals surface area contributed by atoms with Crippen LogP contribution < -0.4 is 0 Å². The van der Waals surface area contributed by atoms with Gasteiger partial charge in [-0.3, -0.25) is 4.79 Å². The van der Waals surface area contributed by atoms with Gasteiger partial charge in [0, 0.05) is 30.7 Å². The van der Waals surface area contributed by atoms with Crippen LogP contribution >= 0.6 is 11.6 Å². The molecule has 1 amide bonds. The number of aliphatic hydroxyl groups is 2. The molecule has 0 radical (unpaired) electrons. The molecule has 0 spiro atoms. The molecule has 1 atom stereocenters. The molecular formula is C27H30ClF3N2O3. The summed E-state index contributed by atoms with van der Waals surface area (Å²) in [7, 11) is 0. The number of β-amino-alcohol motifs (C(OH)–C–C–N with tert-alkyl or cyclic N) is 1. The van der Waals surface area contributed by atoms with Crippen molar-refractivity contribution in [2.45, 2.75) is 43.3 Å². The lowest BCUT2D eigenvalue weighted by Gasteiger charge is -2.43. The lowest BCUT2D eigenvalue weighted by atomic mass is 9.84. The van der Waals surface area contributed by atoms with Crippen molar-refractivity contribution in [3.63, 3.8) is 0 Å². The zero-order valence-electron chi connectivity index (χ0n) is 19.8. The van der Waals surface area contributed by atoms with Crippen molar-refractivity contribution in [1.29, 1.82) is 0 Å². The molecule has 2 N–H and O–H groups in total. The molecule has 0 aliphatic carbocycles. The summed E-state index contributed by atoms with van der Waals surface area (Å²) in [6.45, 7) is 2.48. The van der Waals surface area contributed by atoms with Gasteiger partial charge in [0.15, 0.2) is 17.5 Å². The van der Waals surface area contributed by atoms with E-state index < -0.39 is 29.2 Å². The fourth-order valence-corrected chi connectivity index (χ4v) is 5.12. The minimum absolute atomic E-state index is 0.0310. The summed E-state index contributed by atoms with van der Waals surface area (Å²) < 4.78 is 39.8. The summed E-state index contributed by atoms with van der Waals surface area (Å²) >= 11 is 5.98. The lowest BCUT2D eigenvalue weighted by Crippen LogP contribution is -2.56. The van der Waals surface area contributed by atoms with Crippen LogP contribution in [0.2, 0.25) is 5.02 Å². The highest BCUT2D eigenvalue weighted by atomic mass is 35.5. The molecule has 2 aliphatic heterocycles. The second kappa shape index (κ2) is 11.3. The number of halogens is 4. The molecule has 0 saturated carbocycles. The number of carbonyl (C=O) groups excluding carboxylic acids is 1. The van der Waals surface area contributed by atoms with Crippen molar-refractivity contribution in [2.24, 2.45) is 0 Å². The highest BCUT2D eigenvalue weighted by Gasteiger charge is 2.40. The van der Waals surface area contributed by atoms with Crippen molar-refractivity contribution in [2.75, 3.05) is 32.7 Å². The lowest BCUT2D eigenvalue weighted by molar-refractivity contribution is -0.140. The number of likely N-dealkylation sites (tertiary alicyclic amines) is 2. The number of nitrogens with zero attached hydrogens (tertiary/aromatic N) is 2. The standard InChI is InChI=1S/C27H30ClF3N2O3/c28-21-4-2-19(3-5-21)20-7-11-32(12-8-20)17-24(34)27(36)9-13-33(14-10-27)25(35)6-1-18-15-22(29)26(31)23(30)16-18/h1-6,15-16,20,24,34,36H,7-14,17H2/b6-1+. The third-order valence-electron chi connectivity index (χ3n) is 7.35. The molecule has 0 bridgehead atoms. The SMILES string of the molecule is O=C(/C=C/c1cc(F)c(F)c(F)c1)N1CCC(O)(C(O)CN2CCC(c3ccc(Cl)cc3)CC2)CC1. The number of amides is 1. The molecule has 2 aromatic carbocycles. The molecular weight excluding hydrogens is 493 g/mol. The van der Waals surface area contributed by atoms with Gasteiger partial charge in [-0.15, -0.1) is 0 Å². The van der Waals surface area contributed by atoms with Gasteiger partial charge in [0.1, 0.15) is 0 Å². The van der Waals surface area contributed by atoms with E-state index in [0.717, 1.165) is 49.2 Å². The quantitative estimate of drug-likeness (QED) is 0.437. The maximum absolute atomic E-state index is 13.4. The highest BCUT2D eigenvalue weighted by Crippen LogP contribution is 2.31. The number of hydrogen-bond donors (Lipinski definition) is 2. The van der Waals surface area contributed by atoms with E-state index in [1.165, 1.54) is 16.5 Å². The Bertz CT molecular complexity index is 1070. The summed E-state index contributed by atoms with van der Waals surface area (Å²) in [5, 5.41) is 22.6. The van der Waals surface area contributed by atoms with Crippen LogP contribution in [0.25, 0.3) is 6.08 Å². The Morgan fingerprint density at radius 2 is 1.64 bits per heavy atom. The number of piperidine rings is 2. The zero-order chi connectivity index (χ0) is 25.9. The Morgan fingerprint density at radius 1 is 1.06 bits per heavy atom. The van der Waals surface area contributed by atoms with Crippen LogP contribution in [0, 0.1) is 17.5 Å². The first-order valence-electron chi connectivity index (χ1n) is 12.1. The van der Waals surface area contributed by atoms with Gasteiger partial charge in [0.2, 0.25) is 5.91 Å². The van der Waals surface area contributed by atoms with Crippen molar-refractivity contribution in [1.82, 2.24) is 9.80 Å². The van der Waals surface area contributed by atoms with Crippen LogP contribution in [0.1, 0.15) is 42.7 Å². The molecule has 5 nitrogen and oxygen atoms in total.